The van der Waals surface area contributed by atoms with E-state index in [1.54, 1.807) is 7.11 Å². The molecule has 2 atom stereocenters. The molecule has 0 spiro atoms. The van der Waals surface area contributed by atoms with Crippen LogP contribution in [0.5, 0.6) is 5.75 Å². The lowest BCUT2D eigenvalue weighted by molar-refractivity contribution is 0.414. The van der Waals surface area contributed by atoms with Crippen LogP contribution in [0.25, 0.3) is 0 Å². The highest BCUT2D eigenvalue weighted by Gasteiger charge is 2.24. The molecule has 2 aromatic carbocycles. The average molecular weight is 395 g/mol. The maximum atomic E-state index is 5.52. The first kappa shape index (κ1) is 21.0. The van der Waals surface area contributed by atoms with Gasteiger partial charge in [0.05, 0.1) is 12.8 Å². The molecule has 1 aliphatic rings. The summed E-state index contributed by atoms with van der Waals surface area (Å²) in [6.45, 7) is 8.26. The smallest absolute Gasteiger partial charge is 0.191 e. The monoisotopic (exact) mass is 394 g/mol. The van der Waals surface area contributed by atoms with E-state index in [0.29, 0.717) is 11.8 Å². The Kier molecular flexibility index (Phi) is 7.39. The van der Waals surface area contributed by atoms with E-state index in [2.05, 4.69) is 70.8 Å². The molecule has 0 amide bonds. The third kappa shape index (κ3) is 5.66. The van der Waals surface area contributed by atoms with Gasteiger partial charge >= 0.3 is 0 Å². The van der Waals surface area contributed by atoms with E-state index in [1.165, 1.54) is 23.2 Å². The lowest BCUT2D eigenvalue weighted by Crippen LogP contribution is -2.41. The number of hydrogen-bond acceptors (Lipinski definition) is 3. The normalized spacial score (nSPS) is 17.9. The van der Waals surface area contributed by atoms with Gasteiger partial charge in [0, 0.05) is 33.2 Å². The Labute approximate surface area is 175 Å². The summed E-state index contributed by atoms with van der Waals surface area (Å²) >= 11 is 0. The minimum Gasteiger partial charge on any atom is -0.495 e. The quantitative estimate of drug-likeness (QED) is 0.554. The van der Waals surface area contributed by atoms with Gasteiger partial charge in [-0.25, -0.2) is 0 Å². The third-order valence-corrected chi connectivity index (χ3v) is 5.68. The highest BCUT2D eigenvalue weighted by molar-refractivity contribution is 5.79. The van der Waals surface area contributed by atoms with Crippen LogP contribution in [0.15, 0.2) is 53.5 Å². The standard InChI is InChI=1S/C24H34N4O/c1-18-8-7-9-21(14-18)19(2)15-26-24(25-3)27-16-20-12-13-28(17-20)22-10-5-6-11-23(22)29-4/h5-11,14,19-20H,12-13,15-17H2,1-4H3,(H2,25,26,27). The van der Waals surface area contributed by atoms with Gasteiger partial charge in [0.2, 0.25) is 0 Å². The van der Waals surface area contributed by atoms with Crippen LogP contribution < -0.4 is 20.3 Å². The molecule has 3 rings (SSSR count). The molecule has 0 aromatic heterocycles. The number of nitrogens with one attached hydrogen (secondary N) is 2. The van der Waals surface area contributed by atoms with Crippen LogP contribution in [-0.2, 0) is 0 Å². The van der Waals surface area contributed by atoms with Gasteiger partial charge in [-0.3, -0.25) is 4.99 Å². The molecule has 2 unspecified atom stereocenters. The molecule has 0 aliphatic carbocycles. The van der Waals surface area contributed by atoms with E-state index < -0.39 is 0 Å². The van der Waals surface area contributed by atoms with Gasteiger partial charge in [-0.05, 0) is 42.9 Å². The van der Waals surface area contributed by atoms with Crippen molar-refractivity contribution in [3.63, 3.8) is 0 Å². The molecule has 29 heavy (non-hydrogen) atoms. The molecule has 0 saturated carbocycles. The Morgan fingerprint density at radius 3 is 2.79 bits per heavy atom. The van der Waals surface area contributed by atoms with Crippen LogP contribution in [0.4, 0.5) is 5.69 Å². The second-order valence-corrected chi connectivity index (χ2v) is 7.92. The van der Waals surface area contributed by atoms with Crippen LogP contribution in [0.3, 0.4) is 0 Å². The summed E-state index contributed by atoms with van der Waals surface area (Å²) in [5.74, 6) is 2.84. The van der Waals surface area contributed by atoms with Crippen LogP contribution in [-0.4, -0.2) is 46.3 Å². The Morgan fingerprint density at radius 2 is 2.03 bits per heavy atom. The lowest BCUT2D eigenvalue weighted by Gasteiger charge is -2.22. The number of benzene rings is 2. The Bertz CT molecular complexity index is 820. The van der Waals surface area contributed by atoms with Gasteiger partial charge < -0.3 is 20.3 Å². The zero-order valence-corrected chi connectivity index (χ0v) is 18.1. The highest BCUT2D eigenvalue weighted by Crippen LogP contribution is 2.31. The van der Waals surface area contributed by atoms with Crippen molar-refractivity contribution in [2.24, 2.45) is 10.9 Å². The summed E-state index contributed by atoms with van der Waals surface area (Å²) in [5, 5.41) is 6.99. The molecule has 156 valence electrons. The van der Waals surface area contributed by atoms with Crippen molar-refractivity contribution >= 4 is 11.6 Å². The number of para-hydroxylation sites is 2. The summed E-state index contributed by atoms with van der Waals surface area (Å²) in [6, 6.07) is 17.0. The fourth-order valence-corrected chi connectivity index (χ4v) is 3.91. The number of anilines is 1. The Balaban J connectivity index is 1.46. The van der Waals surface area contributed by atoms with E-state index in [0.717, 1.165) is 37.9 Å². The summed E-state index contributed by atoms with van der Waals surface area (Å²) in [5.41, 5.74) is 3.85. The van der Waals surface area contributed by atoms with Crippen LogP contribution >= 0.6 is 0 Å². The van der Waals surface area contributed by atoms with Gasteiger partial charge in [-0.1, -0.05) is 48.9 Å². The van der Waals surface area contributed by atoms with Crippen molar-refractivity contribution in [2.45, 2.75) is 26.2 Å². The zero-order valence-electron chi connectivity index (χ0n) is 18.1. The molecular weight excluding hydrogens is 360 g/mol. The molecule has 5 heteroatoms. The second-order valence-electron chi connectivity index (χ2n) is 7.92. The number of guanidine groups is 1. The fourth-order valence-electron chi connectivity index (χ4n) is 3.91. The summed E-state index contributed by atoms with van der Waals surface area (Å²) in [6.07, 6.45) is 1.17. The number of aliphatic imine (C=N–C) groups is 1. The first-order valence-electron chi connectivity index (χ1n) is 10.5. The van der Waals surface area contributed by atoms with Crippen molar-refractivity contribution in [1.29, 1.82) is 0 Å². The first-order chi connectivity index (χ1) is 14.1. The number of methoxy groups -OCH3 is 1. The van der Waals surface area contributed by atoms with Gasteiger partial charge in [0.1, 0.15) is 5.75 Å². The first-order valence-corrected chi connectivity index (χ1v) is 10.5. The maximum absolute atomic E-state index is 5.52. The number of ether oxygens (including phenoxy) is 1. The molecule has 0 bridgehead atoms. The maximum Gasteiger partial charge on any atom is 0.191 e. The molecule has 2 N–H and O–H groups in total. The van der Waals surface area contributed by atoms with E-state index in [9.17, 15) is 0 Å². The molecule has 1 saturated heterocycles. The van der Waals surface area contributed by atoms with Gasteiger partial charge in [-0.2, -0.15) is 0 Å². The third-order valence-electron chi connectivity index (χ3n) is 5.68. The van der Waals surface area contributed by atoms with Crippen LogP contribution in [0.1, 0.15) is 30.4 Å². The van der Waals surface area contributed by atoms with E-state index in [1.807, 2.05) is 19.2 Å². The second kappa shape index (κ2) is 10.2. The van der Waals surface area contributed by atoms with Crippen molar-refractivity contribution in [3.8, 4) is 5.75 Å². The number of nitrogens with zero attached hydrogens (tertiary/aromatic N) is 2. The SMILES string of the molecule is CN=C(NCC1CCN(c2ccccc2OC)C1)NCC(C)c1cccc(C)c1. The predicted octanol–water partition coefficient (Wildman–Crippen LogP) is 3.80. The topological polar surface area (TPSA) is 48.9 Å². The molecule has 1 fully saturated rings. The van der Waals surface area contributed by atoms with Crippen molar-refractivity contribution in [2.75, 3.05) is 45.2 Å². The van der Waals surface area contributed by atoms with Crippen molar-refractivity contribution < 1.29 is 4.74 Å². The highest BCUT2D eigenvalue weighted by atomic mass is 16.5. The molecule has 1 heterocycles. The lowest BCUT2D eigenvalue weighted by atomic mass is 9.99. The number of rotatable bonds is 7. The predicted molar refractivity (Wildman–Crippen MR) is 122 cm³/mol. The molecule has 5 nitrogen and oxygen atoms in total. The average Bonchev–Trinajstić information content (AvgIpc) is 3.22. The molecular formula is C24H34N4O. The summed E-state index contributed by atoms with van der Waals surface area (Å²) < 4.78 is 5.52. The van der Waals surface area contributed by atoms with E-state index in [4.69, 9.17) is 4.74 Å². The van der Waals surface area contributed by atoms with E-state index in [-0.39, 0.29) is 0 Å². The van der Waals surface area contributed by atoms with Crippen LogP contribution in [0.2, 0.25) is 0 Å². The molecule has 2 aromatic rings. The summed E-state index contributed by atoms with van der Waals surface area (Å²) in [4.78, 5) is 6.82. The number of hydrogen-bond donors (Lipinski definition) is 2. The minimum absolute atomic E-state index is 0.431. The van der Waals surface area contributed by atoms with Gasteiger partial charge in [0.15, 0.2) is 5.96 Å². The van der Waals surface area contributed by atoms with Crippen molar-refractivity contribution in [1.82, 2.24) is 10.6 Å². The minimum atomic E-state index is 0.431. The van der Waals surface area contributed by atoms with Crippen LogP contribution in [0, 0.1) is 12.8 Å². The van der Waals surface area contributed by atoms with E-state index >= 15 is 0 Å². The summed E-state index contributed by atoms with van der Waals surface area (Å²) in [7, 11) is 3.57. The molecule has 0 radical (unpaired) electrons. The van der Waals surface area contributed by atoms with Gasteiger partial charge in [-0.15, -0.1) is 0 Å². The Hall–Kier alpha value is -2.69. The van der Waals surface area contributed by atoms with Crippen molar-refractivity contribution in [3.05, 3.63) is 59.7 Å². The van der Waals surface area contributed by atoms with Gasteiger partial charge in [0.25, 0.3) is 0 Å². The number of aryl methyl sites for hydroxylation is 1. The fraction of sp³-hybridized carbons (Fsp3) is 0.458. The Morgan fingerprint density at radius 1 is 1.21 bits per heavy atom. The zero-order chi connectivity index (χ0) is 20.6. The largest absolute Gasteiger partial charge is 0.495 e. The molecule has 1 aliphatic heterocycles.